The largest absolute Gasteiger partial charge is 0.497 e. The molecule has 1 atom stereocenters. The van der Waals surface area contributed by atoms with Crippen molar-refractivity contribution in [1.82, 2.24) is 10.9 Å². The summed E-state index contributed by atoms with van der Waals surface area (Å²) < 4.78 is 10.5. The van der Waals surface area contributed by atoms with Crippen LogP contribution in [0.4, 0.5) is 0 Å². The van der Waals surface area contributed by atoms with E-state index >= 15 is 0 Å². The van der Waals surface area contributed by atoms with Gasteiger partial charge in [0.25, 0.3) is 5.91 Å². The molecule has 0 saturated heterocycles. The molecule has 0 fully saturated rings. The molecular weight excluding hydrogens is 388 g/mol. The average Bonchev–Trinajstić information content (AvgIpc) is 3.19. The molecule has 6 nitrogen and oxygen atoms in total. The lowest BCUT2D eigenvalue weighted by Crippen LogP contribution is -2.41. The summed E-state index contributed by atoms with van der Waals surface area (Å²) in [5.74, 6) is 1.57. The topological polar surface area (TPSA) is 76.7 Å². The lowest BCUT2D eigenvalue weighted by Gasteiger charge is -2.19. The molecule has 0 unspecified atom stereocenters. The van der Waals surface area contributed by atoms with Gasteiger partial charge in [-0.1, -0.05) is 13.3 Å². The first-order valence-electron chi connectivity index (χ1n) is 9.95. The number of hydrazine groups is 1. The highest BCUT2D eigenvalue weighted by Gasteiger charge is 2.22. The van der Waals surface area contributed by atoms with E-state index in [0.717, 1.165) is 18.4 Å². The standard InChI is InChI=1S/C22H28N2O4S/c1-4-14-5-7-19-16(9-14)12-20(29-19)22(26)24-23-21(25)8-6-15-10-17(27-2)13-18(11-15)28-3/h10-14H,4-9H2,1-3H3,(H,23,25)(H,24,26)/t14-/m0/s1. The van der Waals surface area contributed by atoms with Crippen LogP contribution in [-0.2, 0) is 24.1 Å². The second-order valence-electron chi connectivity index (χ2n) is 7.30. The van der Waals surface area contributed by atoms with Gasteiger partial charge in [-0.05, 0) is 60.9 Å². The molecule has 2 amide bonds. The summed E-state index contributed by atoms with van der Waals surface area (Å²) in [6.07, 6.45) is 5.22. The van der Waals surface area contributed by atoms with Crippen molar-refractivity contribution in [2.45, 2.75) is 45.4 Å². The minimum absolute atomic E-state index is 0.243. The van der Waals surface area contributed by atoms with E-state index in [-0.39, 0.29) is 18.2 Å². The molecule has 156 valence electrons. The van der Waals surface area contributed by atoms with Crippen molar-refractivity contribution in [2.75, 3.05) is 14.2 Å². The SMILES string of the molecule is CC[C@H]1CCc2sc(C(=O)NNC(=O)CCc3cc(OC)cc(OC)c3)cc2C1. The molecule has 0 aliphatic heterocycles. The number of amides is 2. The molecule has 1 aliphatic carbocycles. The number of fused-ring (bicyclic) bond motifs is 1. The molecule has 0 bridgehead atoms. The van der Waals surface area contributed by atoms with Crippen LogP contribution in [-0.4, -0.2) is 26.0 Å². The summed E-state index contributed by atoms with van der Waals surface area (Å²) in [5.41, 5.74) is 7.27. The zero-order chi connectivity index (χ0) is 20.8. The van der Waals surface area contributed by atoms with Crippen molar-refractivity contribution in [1.29, 1.82) is 0 Å². The van der Waals surface area contributed by atoms with E-state index in [1.807, 2.05) is 18.2 Å². The number of thiophene rings is 1. The van der Waals surface area contributed by atoms with Gasteiger partial charge in [-0.15, -0.1) is 11.3 Å². The van der Waals surface area contributed by atoms with E-state index < -0.39 is 0 Å². The maximum absolute atomic E-state index is 12.4. The molecule has 3 rings (SSSR count). The monoisotopic (exact) mass is 416 g/mol. The van der Waals surface area contributed by atoms with Gasteiger partial charge >= 0.3 is 0 Å². The maximum atomic E-state index is 12.4. The summed E-state index contributed by atoms with van der Waals surface area (Å²) in [5, 5.41) is 0. The van der Waals surface area contributed by atoms with Crippen LogP contribution in [0.15, 0.2) is 24.3 Å². The van der Waals surface area contributed by atoms with Crippen molar-refractivity contribution in [3.63, 3.8) is 0 Å². The first kappa shape index (κ1) is 21.2. The molecule has 1 aliphatic rings. The van der Waals surface area contributed by atoms with Gasteiger partial charge in [-0.3, -0.25) is 20.4 Å². The van der Waals surface area contributed by atoms with Crippen molar-refractivity contribution >= 4 is 23.2 Å². The second kappa shape index (κ2) is 9.78. The van der Waals surface area contributed by atoms with E-state index in [9.17, 15) is 9.59 Å². The first-order chi connectivity index (χ1) is 14.0. The number of carbonyl (C=O) groups excluding carboxylic acids is 2. The second-order valence-corrected chi connectivity index (χ2v) is 8.44. The van der Waals surface area contributed by atoms with Crippen LogP contribution < -0.4 is 20.3 Å². The summed E-state index contributed by atoms with van der Waals surface area (Å²) >= 11 is 1.53. The van der Waals surface area contributed by atoms with E-state index in [1.165, 1.54) is 34.6 Å². The number of ether oxygens (including phenoxy) is 2. The zero-order valence-electron chi connectivity index (χ0n) is 17.2. The van der Waals surface area contributed by atoms with Gasteiger partial charge in [0.2, 0.25) is 5.91 Å². The molecule has 1 aromatic heterocycles. The Balaban J connectivity index is 1.50. The number of aryl methyl sites for hydroxylation is 2. The van der Waals surface area contributed by atoms with Gasteiger partial charge < -0.3 is 9.47 Å². The van der Waals surface area contributed by atoms with Crippen molar-refractivity contribution in [2.24, 2.45) is 5.92 Å². The number of hydrogen-bond acceptors (Lipinski definition) is 5. The minimum Gasteiger partial charge on any atom is -0.497 e. The fraction of sp³-hybridized carbons (Fsp3) is 0.455. The van der Waals surface area contributed by atoms with Crippen LogP contribution in [0.2, 0.25) is 0 Å². The van der Waals surface area contributed by atoms with Crippen LogP contribution in [0.25, 0.3) is 0 Å². The average molecular weight is 417 g/mol. The van der Waals surface area contributed by atoms with Crippen molar-refractivity contribution in [3.05, 3.63) is 45.1 Å². The van der Waals surface area contributed by atoms with Crippen molar-refractivity contribution < 1.29 is 19.1 Å². The third-order valence-corrected chi connectivity index (χ3v) is 6.59. The Morgan fingerprint density at radius 3 is 2.48 bits per heavy atom. The molecule has 0 radical (unpaired) electrons. The molecule has 29 heavy (non-hydrogen) atoms. The Bertz CT molecular complexity index is 855. The number of methoxy groups -OCH3 is 2. The van der Waals surface area contributed by atoms with Gasteiger partial charge in [0.15, 0.2) is 0 Å². The summed E-state index contributed by atoms with van der Waals surface area (Å²) in [4.78, 5) is 26.5. The van der Waals surface area contributed by atoms with E-state index in [0.29, 0.717) is 28.7 Å². The lowest BCUT2D eigenvalue weighted by molar-refractivity contribution is -0.121. The normalized spacial score (nSPS) is 15.3. The number of nitrogens with one attached hydrogen (secondary N) is 2. The number of rotatable bonds is 7. The van der Waals surface area contributed by atoms with Crippen LogP contribution in [0.1, 0.15) is 51.9 Å². The molecule has 2 N–H and O–H groups in total. The van der Waals surface area contributed by atoms with Crippen LogP contribution in [0, 0.1) is 5.92 Å². The Kier molecular flexibility index (Phi) is 7.14. The number of benzene rings is 1. The van der Waals surface area contributed by atoms with Crippen LogP contribution >= 0.6 is 11.3 Å². The molecular formula is C22H28N2O4S. The third-order valence-electron chi connectivity index (χ3n) is 5.35. The predicted molar refractivity (Wildman–Crippen MR) is 114 cm³/mol. The van der Waals surface area contributed by atoms with Gasteiger partial charge in [-0.2, -0.15) is 0 Å². The van der Waals surface area contributed by atoms with Gasteiger partial charge in [0, 0.05) is 17.4 Å². The zero-order valence-corrected chi connectivity index (χ0v) is 18.0. The Morgan fingerprint density at radius 2 is 1.83 bits per heavy atom. The Labute approximate surface area is 175 Å². The van der Waals surface area contributed by atoms with Crippen LogP contribution in [0.5, 0.6) is 11.5 Å². The fourth-order valence-corrected chi connectivity index (χ4v) is 4.68. The van der Waals surface area contributed by atoms with E-state index in [2.05, 4.69) is 17.8 Å². The van der Waals surface area contributed by atoms with Crippen LogP contribution in [0.3, 0.4) is 0 Å². The number of hydrogen-bond donors (Lipinski definition) is 2. The Morgan fingerprint density at radius 1 is 1.10 bits per heavy atom. The summed E-state index contributed by atoms with van der Waals surface area (Å²) in [6.45, 7) is 2.22. The fourth-order valence-electron chi connectivity index (χ4n) is 3.58. The highest BCUT2D eigenvalue weighted by molar-refractivity contribution is 7.14. The van der Waals surface area contributed by atoms with Crippen molar-refractivity contribution in [3.8, 4) is 11.5 Å². The number of carbonyl (C=O) groups is 2. The van der Waals surface area contributed by atoms with E-state index in [4.69, 9.17) is 9.47 Å². The molecule has 2 aromatic rings. The first-order valence-corrected chi connectivity index (χ1v) is 10.8. The van der Waals surface area contributed by atoms with Gasteiger partial charge in [0.1, 0.15) is 11.5 Å². The predicted octanol–water partition coefficient (Wildman–Crippen LogP) is 3.67. The smallest absolute Gasteiger partial charge is 0.279 e. The third kappa shape index (κ3) is 5.50. The summed E-state index contributed by atoms with van der Waals surface area (Å²) in [6, 6.07) is 7.50. The minimum atomic E-state index is -0.256. The summed E-state index contributed by atoms with van der Waals surface area (Å²) in [7, 11) is 3.18. The van der Waals surface area contributed by atoms with E-state index in [1.54, 1.807) is 20.3 Å². The highest BCUT2D eigenvalue weighted by Crippen LogP contribution is 2.33. The maximum Gasteiger partial charge on any atom is 0.279 e. The molecule has 1 heterocycles. The molecule has 7 heteroatoms. The quantitative estimate of drug-likeness (QED) is 0.675. The van der Waals surface area contributed by atoms with Gasteiger partial charge in [-0.25, -0.2) is 0 Å². The van der Waals surface area contributed by atoms with Gasteiger partial charge in [0.05, 0.1) is 19.1 Å². The Hall–Kier alpha value is -2.54. The molecule has 1 aromatic carbocycles. The highest BCUT2D eigenvalue weighted by atomic mass is 32.1. The molecule has 0 spiro atoms. The molecule has 0 saturated carbocycles. The lowest BCUT2D eigenvalue weighted by atomic mass is 9.87.